The van der Waals surface area contributed by atoms with Gasteiger partial charge in [-0.2, -0.15) is 0 Å². The highest BCUT2D eigenvalue weighted by molar-refractivity contribution is 6.00. The molecule has 29 heavy (non-hydrogen) atoms. The lowest BCUT2D eigenvalue weighted by Gasteiger charge is -2.28. The highest BCUT2D eigenvalue weighted by Crippen LogP contribution is 2.38. The van der Waals surface area contributed by atoms with E-state index in [4.69, 9.17) is 0 Å². The van der Waals surface area contributed by atoms with Crippen molar-refractivity contribution in [3.63, 3.8) is 0 Å². The number of carbonyl (C=O) groups excluding carboxylic acids is 1. The van der Waals surface area contributed by atoms with Gasteiger partial charge in [0.1, 0.15) is 0 Å². The molecule has 0 unspecified atom stereocenters. The van der Waals surface area contributed by atoms with Gasteiger partial charge in [0.25, 0.3) is 0 Å². The molecular weight excluding hydrogens is 366 g/mol. The minimum Gasteiger partial charge on any atom is -0.293 e. The smallest absolute Gasteiger partial charge is 0.171 e. The molecule has 0 radical (unpaired) electrons. The molecule has 0 amide bonds. The molecule has 3 heteroatoms. The molecule has 2 aromatic rings. The summed E-state index contributed by atoms with van der Waals surface area (Å²) in [6, 6.07) is 10.8. The number of halogens is 2. The van der Waals surface area contributed by atoms with Crippen LogP contribution in [0.3, 0.4) is 0 Å². The summed E-state index contributed by atoms with van der Waals surface area (Å²) in [6.07, 6.45) is 7.55. The number of benzene rings is 2. The van der Waals surface area contributed by atoms with Crippen LogP contribution < -0.4 is 0 Å². The third-order valence-corrected chi connectivity index (χ3v) is 6.24. The van der Waals surface area contributed by atoms with Gasteiger partial charge < -0.3 is 0 Å². The topological polar surface area (TPSA) is 17.1 Å². The first-order chi connectivity index (χ1) is 13.7. The zero-order valence-electron chi connectivity index (χ0n) is 18.0. The second-order valence-electron chi connectivity index (χ2n) is 9.50. The summed E-state index contributed by atoms with van der Waals surface area (Å²) in [7, 11) is 0. The quantitative estimate of drug-likeness (QED) is 0.467. The molecule has 0 spiro atoms. The standard InChI is InChI=1S/C26H32F2O/c1-5-6-17-7-9-18(10-8-17)19-11-13-20(14-12-19)21-15-16-22(24(28)23(21)27)25(29)26(2,3)4/h11-18H,5-10H2,1-4H3. The second kappa shape index (κ2) is 8.77. The number of carbonyl (C=O) groups is 1. The molecule has 0 N–H and O–H groups in total. The van der Waals surface area contributed by atoms with Crippen LogP contribution in [0.4, 0.5) is 8.78 Å². The molecule has 3 rings (SSSR count). The van der Waals surface area contributed by atoms with Crippen molar-refractivity contribution in [3.8, 4) is 11.1 Å². The molecule has 1 aliphatic rings. The van der Waals surface area contributed by atoms with Gasteiger partial charge in [-0.05, 0) is 54.7 Å². The fourth-order valence-electron chi connectivity index (χ4n) is 4.48. The summed E-state index contributed by atoms with van der Waals surface area (Å²) in [5.41, 5.74) is 1.18. The molecule has 0 heterocycles. The monoisotopic (exact) mass is 398 g/mol. The first-order valence-electron chi connectivity index (χ1n) is 10.9. The molecule has 1 fully saturated rings. The molecule has 0 aliphatic heterocycles. The Kier molecular flexibility index (Phi) is 6.55. The first kappa shape index (κ1) is 21.7. The summed E-state index contributed by atoms with van der Waals surface area (Å²) in [5.74, 6) is -0.976. The van der Waals surface area contributed by atoms with Crippen LogP contribution in [0, 0.1) is 23.0 Å². The normalized spacial score (nSPS) is 19.9. The van der Waals surface area contributed by atoms with Gasteiger partial charge in [0.2, 0.25) is 0 Å². The van der Waals surface area contributed by atoms with E-state index in [-0.39, 0.29) is 11.1 Å². The van der Waals surface area contributed by atoms with Crippen molar-refractivity contribution in [1.29, 1.82) is 0 Å². The maximum Gasteiger partial charge on any atom is 0.171 e. The molecule has 156 valence electrons. The summed E-state index contributed by atoms with van der Waals surface area (Å²) in [5, 5.41) is 0. The van der Waals surface area contributed by atoms with Gasteiger partial charge in [0, 0.05) is 11.0 Å². The third-order valence-electron chi connectivity index (χ3n) is 6.24. The summed E-state index contributed by atoms with van der Waals surface area (Å²) >= 11 is 0. The predicted molar refractivity (Wildman–Crippen MR) is 115 cm³/mol. The van der Waals surface area contributed by atoms with Gasteiger partial charge >= 0.3 is 0 Å². The Labute approximate surface area is 173 Å². The van der Waals surface area contributed by atoms with Crippen molar-refractivity contribution in [2.45, 2.75) is 72.1 Å². The lowest BCUT2D eigenvalue weighted by Crippen LogP contribution is -2.22. The molecular formula is C26H32F2O. The van der Waals surface area contributed by atoms with Crippen LogP contribution in [0.5, 0.6) is 0 Å². The van der Waals surface area contributed by atoms with Crippen LogP contribution in [0.25, 0.3) is 11.1 Å². The fourth-order valence-corrected chi connectivity index (χ4v) is 4.48. The molecule has 1 aliphatic carbocycles. The fraction of sp³-hybridized carbons (Fsp3) is 0.500. The molecule has 1 nitrogen and oxygen atoms in total. The van der Waals surface area contributed by atoms with E-state index in [1.807, 2.05) is 24.3 Å². The van der Waals surface area contributed by atoms with Crippen LogP contribution in [-0.2, 0) is 0 Å². The summed E-state index contributed by atoms with van der Waals surface area (Å²) < 4.78 is 29.3. The van der Waals surface area contributed by atoms with Crippen LogP contribution >= 0.6 is 0 Å². The molecule has 0 saturated heterocycles. The number of hydrogen-bond acceptors (Lipinski definition) is 1. The maximum atomic E-state index is 14.7. The van der Waals surface area contributed by atoms with E-state index in [1.165, 1.54) is 56.2 Å². The number of hydrogen-bond donors (Lipinski definition) is 0. The molecule has 0 aromatic heterocycles. The predicted octanol–water partition coefficient (Wildman–Crippen LogP) is 7.93. The van der Waals surface area contributed by atoms with Crippen molar-refractivity contribution in [3.05, 3.63) is 59.2 Å². The number of Topliss-reactive ketones (excluding diaryl/α,β-unsaturated/α-hetero) is 1. The number of ketones is 1. The molecule has 0 bridgehead atoms. The van der Waals surface area contributed by atoms with Gasteiger partial charge in [-0.15, -0.1) is 0 Å². The van der Waals surface area contributed by atoms with E-state index in [1.54, 1.807) is 20.8 Å². The Morgan fingerprint density at radius 3 is 2.10 bits per heavy atom. The third kappa shape index (κ3) is 4.76. The first-order valence-corrected chi connectivity index (χ1v) is 10.9. The Balaban J connectivity index is 1.78. The van der Waals surface area contributed by atoms with Gasteiger partial charge in [0.15, 0.2) is 17.4 Å². The Morgan fingerprint density at radius 2 is 1.55 bits per heavy atom. The van der Waals surface area contributed by atoms with E-state index < -0.39 is 22.8 Å². The van der Waals surface area contributed by atoms with Crippen molar-refractivity contribution in [1.82, 2.24) is 0 Å². The number of rotatable bonds is 5. The van der Waals surface area contributed by atoms with Crippen molar-refractivity contribution >= 4 is 5.78 Å². The molecule has 0 atom stereocenters. The minimum atomic E-state index is -1.05. The second-order valence-corrected chi connectivity index (χ2v) is 9.50. The lowest BCUT2D eigenvalue weighted by molar-refractivity contribution is 0.0853. The van der Waals surface area contributed by atoms with E-state index >= 15 is 0 Å². The Hall–Kier alpha value is -2.03. The van der Waals surface area contributed by atoms with E-state index in [0.717, 1.165) is 5.92 Å². The van der Waals surface area contributed by atoms with Crippen LogP contribution in [0.15, 0.2) is 36.4 Å². The van der Waals surface area contributed by atoms with E-state index in [2.05, 4.69) is 6.92 Å². The Morgan fingerprint density at radius 1 is 0.931 bits per heavy atom. The minimum absolute atomic E-state index is 0.181. The van der Waals surface area contributed by atoms with Crippen LogP contribution in [0.1, 0.15) is 88.1 Å². The zero-order chi connectivity index (χ0) is 21.2. The van der Waals surface area contributed by atoms with Gasteiger partial charge in [-0.1, -0.05) is 70.9 Å². The zero-order valence-corrected chi connectivity index (χ0v) is 18.0. The average molecular weight is 399 g/mol. The van der Waals surface area contributed by atoms with E-state index in [0.29, 0.717) is 11.5 Å². The van der Waals surface area contributed by atoms with Crippen LogP contribution in [0.2, 0.25) is 0 Å². The highest BCUT2D eigenvalue weighted by Gasteiger charge is 2.28. The SMILES string of the molecule is CCCC1CCC(c2ccc(-c3ccc(C(=O)C(C)(C)C)c(F)c3F)cc2)CC1. The van der Waals surface area contributed by atoms with Crippen molar-refractivity contribution in [2.24, 2.45) is 11.3 Å². The van der Waals surface area contributed by atoms with Crippen molar-refractivity contribution in [2.75, 3.05) is 0 Å². The summed E-state index contributed by atoms with van der Waals surface area (Å²) in [6.45, 7) is 7.36. The van der Waals surface area contributed by atoms with Crippen LogP contribution in [-0.4, -0.2) is 5.78 Å². The maximum absolute atomic E-state index is 14.7. The van der Waals surface area contributed by atoms with Gasteiger partial charge in [-0.25, -0.2) is 8.78 Å². The van der Waals surface area contributed by atoms with Gasteiger partial charge in [0.05, 0.1) is 5.56 Å². The van der Waals surface area contributed by atoms with Gasteiger partial charge in [-0.3, -0.25) is 4.79 Å². The molecule has 2 aromatic carbocycles. The molecule has 1 saturated carbocycles. The Bertz CT molecular complexity index is 854. The summed E-state index contributed by atoms with van der Waals surface area (Å²) in [4.78, 5) is 12.4. The average Bonchev–Trinajstić information content (AvgIpc) is 2.70. The van der Waals surface area contributed by atoms with E-state index in [9.17, 15) is 13.6 Å². The lowest BCUT2D eigenvalue weighted by atomic mass is 9.77. The van der Waals surface area contributed by atoms with Crippen molar-refractivity contribution < 1.29 is 13.6 Å². The highest BCUT2D eigenvalue weighted by atomic mass is 19.2. The largest absolute Gasteiger partial charge is 0.293 e.